The molecule has 2 aromatic carbocycles. The van der Waals surface area contributed by atoms with Gasteiger partial charge in [0, 0.05) is 31.1 Å². The number of halogens is 1. The Morgan fingerprint density at radius 2 is 1.94 bits per heavy atom. The molecule has 1 fully saturated rings. The summed E-state index contributed by atoms with van der Waals surface area (Å²) < 4.78 is 16.6. The van der Waals surface area contributed by atoms with E-state index in [4.69, 9.17) is 25.8 Å². The zero-order valence-electron chi connectivity index (χ0n) is 19.2. The number of ether oxygens (including phenoxy) is 3. The summed E-state index contributed by atoms with van der Waals surface area (Å²) in [6.07, 6.45) is 1.73. The van der Waals surface area contributed by atoms with Crippen LogP contribution in [0.1, 0.15) is 18.1 Å². The van der Waals surface area contributed by atoms with Crippen LogP contribution in [-0.4, -0.2) is 56.1 Å². The van der Waals surface area contributed by atoms with Crippen molar-refractivity contribution in [2.75, 3.05) is 32.4 Å². The van der Waals surface area contributed by atoms with E-state index < -0.39 is 17.8 Å². The largest absolute Gasteiger partial charge is 0.492 e. The molecule has 0 radical (unpaired) electrons. The van der Waals surface area contributed by atoms with Crippen LogP contribution in [0.5, 0.6) is 17.2 Å². The summed E-state index contributed by atoms with van der Waals surface area (Å²) in [6.45, 7) is 1.80. The number of urea groups is 1. The van der Waals surface area contributed by atoms with Gasteiger partial charge in [0.05, 0.1) is 12.8 Å². The lowest BCUT2D eigenvalue weighted by Crippen LogP contribution is -2.54. The van der Waals surface area contributed by atoms with Crippen LogP contribution in [0.2, 0.25) is 5.02 Å². The Morgan fingerprint density at radius 3 is 2.60 bits per heavy atom. The Bertz CT molecular complexity index is 1260. The van der Waals surface area contributed by atoms with E-state index in [1.807, 2.05) is 0 Å². The summed E-state index contributed by atoms with van der Waals surface area (Å²) in [5.41, 5.74) is 1.02. The van der Waals surface area contributed by atoms with Crippen molar-refractivity contribution in [3.63, 3.8) is 0 Å². The van der Waals surface area contributed by atoms with Crippen LogP contribution < -0.4 is 24.4 Å². The molecular weight excluding hydrogens is 478 g/mol. The topological polar surface area (TPSA) is 114 Å². The Kier molecular flexibility index (Phi) is 6.65. The Morgan fingerprint density at radius 1 is 1.23 bits per heavy atom. The molecule has 10 nitrogen and oxygen atoms in total. The van der Waals surface area contributed by atoms with E-state index in [1.54, 1.807) is 13.1 Å². The van der Waals surface area contributed by atoms with E-state index in [0.29, 0.717) is 40.6 Å². The van der Waals surface area contributed by atoms with E-state index in [-0.39, 0.29) is 29.7 Å². The van der Waals surface area contributed by atoms with Gasteiger partial charge in [0.2, 0.25) is 18.4 Å². The highest BCUT2D eigenvalue weighted by Gasteiger charge is 2.37. The minimum Gasteiger partial charge on any atom is -0.492 e. The highest BCUT2D eigenvalue weighted by Crippen LogP contribution is 2.46. The van der Waals surface area contributed by atoms with Crippen molar-refractivity contribution in [1.29, 1.82) is 0 Å². The summed E-state index contributed by atoms with van der Waals surface area (Å²) in [4.78, 5) is 52.6. The molecule has 0 atom stereocenters. The predicted octanol–water partition coefficient (Wildman–Crippen LogP) is 2.76. The van der Waals surface area contributed by atoms with Crippen molar-refractivity contribution < 1.29 is 33.4 Å². The maximum absolute atomic E-state index is 13.3. The Balaban J connectivity index is 1.80. The zero-order chi connectivity index (χ0) is 25.3. The fourth-order valence-electron chi connectivity index (χ4n) is 3.72. The van der Waals surface area contributed by atoms with Crippen LogP contribution in [0.4, 0.5) is 10.5 Å². The predicted molar refractivity (Wildman–Crippen MR) is 127 cm³/mol. The molecule has 0 unspecified atom stereocenters. The van der Waals surface area contributed by atoms with Gasteiger partial charge in [-0.15, -0.1) is 0 Å². The number of benzene rings is 2. The first-order valence-electron chi connectivity index (χ1n) is 10.6. The van der Waals surface area contributed by atoms with Gasteiger partial charge in [-0.2, -0.15) is 0 Å². The van der Waals surface area contributed by atoms with E-state index in [2.05, 4.69) is 5.32 Å². The van der Waals surface area contributed by atoms with Crippen molar-refractivity contribution in [2.24, 2.45) is 0 Å². The van der Waals surface area contributed by atoms with Gasteiger partial charge in [-0.1, -0.05) is 11.6 Å². The molecule has 35 heavy (non-hydrogen) atoms. The summed E-state index contributed by atoms with van der Waals surface area (Å²) in [7, 11) is 3.09. The number of rotatable bonds is 6. The molecule has 2 aliphatic rings. The van der Waals surface area contributed by atoms with Gasteiger partial charge in [0.1, 0.15) is 5.57 Å². The van der Waals surface area contributed by atoms with Gasteiger partial charge < -0.3 is 19.1 Å². The van der Waals surface area contributed by atoms with Gasteiger partial charge in [-0.3, -0.25) is 19.7 Å². The number of barbiturate groups is 1. The van der Waals surface area contributed by atoms with Crippen molar-refractivity contribution in [2.45, 2.75) is 13.3 Å². The SMILES string of the molecule is COc1c(C=C2C(=O)NC(=O)N(c3ccc(Cl)cc3)C2=O)c(CCN(C)C(C)=O)cc2c1OCO2. The van der Waals surface area contributed by atoms with E-state index in [9.17, 15) is 19.2 Å². The number of hydrogen-bond donors (Lipinski definition) is 1. The molecule has 2 heterocycles. The first-order chi connectivity index (χ1) is 16.7. The minimum atomic E-state index is -0.875. The molecule has 182 valence electrons. The number of amides is 5. The second-order valence-corrected chi connectivity index (χ2v) is 8.28. The van der Waals surface area contributed by atoms with Crippen LogP contribution in [0.15, 0.2) is 35.9 Å². The van der Waals surface area contributed by atoms with Crippen LogP contribution in [0.3, 0.4) is 0 Å². The number of methoxy groups -OCH3 is 1. The summed E-state index contributed by atoms with van der Waals surface area (Å²) >= 11 is 5.92. The number of imide groups is 2. The molecule has 0 spiro atoms. The van der Waals surface area contributed by atoms with Crippen molar-refractivity contribution >= 4 is 47.1 Å². The Hall–Kier alpha value is -4.05. The molecule has 5 amide bonds. The zero-order valence-corrected chi connectivity index (χ0v) is 20.0. The summed E-state index contributed by atoms with van der Waals surface area (Å²) in [5, 5.41) is 2.62. The van der Waals surface area contributed by atoms with Gasteiger partial charge >= 0.3 is 6.03 Å². The third kappa shape index (κ3) is 4.65. The number of fused-ring (bicyclic) bond motifs is 1. The van der Waals surface area contributed by atoms with E-state index >= 15 is 0 Å². The van der Waals surface area contributed by atoms with Gasteiger partial charge in [-0.25, -0.2) is 9.69 Å². The molecule has 0 saturated carbocycles. The number of likely N-dealkylation sites (N-methyl/N-ethyl adjacent to an activating group) is 1. The molecule has 1 saturated heterocycles. The third-order valence-corrected chi connectivity index (χ3v) is 5.93. The number of carbonyl (C=O) groups excluding carboxylic acids is 4. The van der Waals surface area contributed by atoms with Crippen molar-refractivity contribution in [3.05, 3.63) is 52.1 Å². The maximum atomic E-state index is 13.3. The molecule has 0 aromatic heterocycles. The molecule has 0 bridgehead atoms. The maximum Gasteiger partial charge on any atom is 0.335 e. The highest BCUT2D eigenvalue weighted by atomic mass is 35.5. The van der Waals surface area contributed by atoms with Crippen molar-refractivity contribution in [3.8, 4) is 17.2 Å². The second kappa shape index (κ2) is 9.67. The third-order valence-electron chi connectivity index (χ3n) is 5.68. The Labute approximate surface area is 206 Å². The molecule has 2 aliphatic heterocycles. The van der Waals surface area contributed by atoms with Gasteiger partial charge in [0.15, 0.2) is 11.5 Å². The number of carbonyl (C=O) groups is 4. The van der Waals surface area contributed by atoms with Crippen LogP contribution >= 0.6 is 11.6 Å². The molecule has 11 heteroatoms. The second-order valence-electron chi connectivity index (χ2n) is 7.84. The van der Waals surface area contributed by atoms with Crippen LogP contribution in [-0.2, 0) is 20.8 Å². The van der Waals surface area contributed by atoms with E-state index in [0.717, 1.165) is 4.90 Å². The average molecular weight is 500 g/mol. The lowest BCUT2D eigenvalue weighted by Gasteiger charge is -2.26. The summed E-state index contributed by atoms with van der Waals surface area (Å²) in [5.74, 6) is -0.733. The molecule has 2 aromatic rings. The van der Waals surface area contributed by atoms with Gasteiger partial charge in [-0.05, 0) is 48.4 Å². The average Bonchev–Trinajstić information content (AvgIpc) is 3.29. The fraction of sp³-hybridized carbons (Fsp3) is 0.250. The van der Waals surface area contributed by atoms with Crippen LogP contribution in [0, 0.1) is 0 Å². The molecule has 4 rings (SSSR count). The van der Waals surface area contributed by atoms with E-state index in [1.165, 1.54) is 49.3 Å². The fourth-order valence-corrected chi connectivity index (χ4v) is 3.84. The number of hydrogen-bond acceptors (Lipinski definition) is 7. The summed E-state index contributed by atoms with van der Waals surface area (Å²) in [6, 6.07) is 6.90. The minimum absolute atomic E-state index is 0.0171. The standard InChI is InChI=1S/C24H22ClN3O7/c1-13(29)27(2)9-8-14-10-19-21(35-12-34-19)20(33-3)17(14)11-18-22(30)26-24(32)28(23(18)31)16-6-4-15(25)5-7-16/h4-7,10-11H,8-9,12H2,1-3H3,(H,26,30,32). The number of anilines is 1. The first-order valence-corrected chi connectivity index (χ1v) is 11.0. The number of nitrogens with zero attached hydrogens (tertiary/aromatic N) is 2. The molecule has 1 N–H and O–H groups in total. The first kappa shape index (κ1) is 24.1. The highest BCUT2D eigenvalue weighted by molar-refractivity contribution is 6.39. The van der Waals surface area contributed by atoms with Gasteiger partial charge in [0.25, 0.3) is 11.8 Å². The molecular formula is C24H22ClN3O7. The number of nitrogens with one attached hydrogen (secondary N) is 1. The lowest BCUT2D eigenvalue weighted by molar-refractivity contribution is -0.127. The smallest absolute Gasteiger partial charge is 0.335 e. The van der Waals surface area contributed by atoms with Crippen molar-refractivity contribution in [1.82, 2.24) is 10.2 Å². The van der Waals surface area contributed by atoms with Crippen LogP contribution in [0.25, 0.3) is 6.08 Å². The normalized spacial score (nSPS) is 15.9. The molecule has 0 aliphatic carbocycles. The quantitative estimate of drug-likeness (QED) is 0.480. The lowest BCUT2D eigenvalue weighted by atomic mass is 9.98. The monoisotopic (exact) mass is 499 g/mol.